The molecule has 0 unspecified atom stereocenters. The van der Waals surface area contributed by atoms with Crippen molar-refractivity contribution in [1.29, 1.82) is 0 Å². The molecule has 0 radical (unpaired) electrons. The van der Waals surface area contributed by atoms with Gasteiger partial charge in [-0.15, -0.1) is 12.4 Å². The summed E-state index contributed by atoms with van der Waals surface area (Å²) in [6.45, 7) is 4.21. The second-order valence-corrected chi connectivity index (χ2v) is 3.24. The molecule has 3 heteroatoms. The summed E-state index contributed by atoms with van der Waals surface area (Å²) in [5.41, 5.74) is 1.12. The molecule has 0 aliphatic rings. The molecule has 0 aliphatic heterocycles. The molecule has 1 aromatic carbocycles. The van der Waals surface area contributed by atoms with Crippen LogP contribution in [0.1, 0.15) is 13.8 Å². The first kappa shape index (κ1) is 11.6. The van der Waals surface area contributed by atoms with Crippen molar-refractivity contribution in [3.8, 4) is 0 Å². The van der Waals surface area contributed by atoms with Gasteiger partial charge in [-0.25, -0.2) is 0 Å². The lowest BCUT2D eigenvalue weighted by Gasteiger charge is -2.08. The maximum atomic E-state index is 5.72. The van der Waals surface area contributed by atoms with Gasteiger partial charge in [0.2, 0.25) is 0 Å². The Balaban J connectivity index is 0.00000121. The molecule has 0 saturated heterocycles. The fourth-order valence-electron chi connectivity index (χ4n) is 0.879. The minimum atomic E-state index is 0. The number of hydrogen-bond donors (Lipinski definition) is 1. The molecule has 0 atom stereocenters. The Hall–Kier alpha value is -0.400. The molecular formula is C9H13Cl2N. The molecule has 1 rings (SSSR count). The second-order valence-electron chi connectivity index (χ2n) is 2.81. The highest BCUT2D eigenvalue weighted by atomic mass is 35.5. The van der Waals surface area contributed by atoms with Crippen LogP contribution < -0.4 is 5.32 Å². The summed E-state index contributed by atoms with van der Waals surface area (Å²) < 4.78 is 0. The molecule has 0 heterocycles. The van der Waals surface area contributed by atoms with Crippen LogP contribution in [0, 0.1) is 0 Å². The van der Waals surface area contributed by atoms with Gasteiger partial charge in [0.05, 0.1) is 0 Å². The largest absolute Gasteiger partial charge is 0.383 e. The van der Waals surface area contributed by atoms with Crippen LogP contribution in [0.3, 0.4) is 0 Å². The molecule has 0 saturated carbocycles. The van der Waals surface area contributed by atoms with Gasteiger partial charge in [-0.2, -0.15) is 0 Å². The van der Waals surface area contributed by atoms with E-state index in [2.05, 4.69) is 19.2 Å². The molecule has 12 heavy (non-hydrogen) atoms. The predicted molar refractivity (Wildman–Crippen MR) is 57.5 cm³/mol. The highest BCUT2D eigenvalue weighted by Crippen LogP contribution is 2.13. The smallest absolute Gasteiger partial charge is 0.0407 e. The molecule has 0 aromatic heterocycles. The van der Waals surface area contributed by atoms with E-state index in [1.54, 1.807) is 0 Å². The molecule has 0 aliphatic carbocycles. The highest BCUT2D eigenvalue weighted by Gasteiger charge is 1.93. The van der Waals surface area contributed by atoms with Crippen molar-refractivity contribution in [3.63, 3.8) is 0 Å². The zero-order chi connectivity index (χ0) is 8.27. The van der Waals surface area contributed by atoms with Gasteiger partial charge in [-0.1, -0.05) is 11.6 Å². The maximum Gasteiger partial charge on any atom is 0.0407 e. The summed E-state index contributed by atoms with van der Waals surface area (Å²) in [7, 11) is 0. The molecule has 0 amide bonds. The normalized spacial score (nSPS) is 9.33. The van der Waals surface area contributed by atoms with E-state index in [4.69, 9.17) is 11.6 Å². The number of nitrogens with one attached hydrogen (secondary N) is 1. The van der Waals surface area contributed by atoms with Crippen molar-refractivity contribution < 1.29 is 0 Å². The van der Waals surface area contributed by atoms with Crippen LogP contribution in [0.5, 0.6) is 0 Å². The summed E-state index contributed by atoms with van der Waals surface area (Å²) in [5, 5.41) is 4.05. The standard InChI is InChI=1S/C9H12ClN.ClH/c1-7(2)11-9-5-3-8(10)4-6-9;/h3-7,11H,1-2H3;1H. The van der Waals surface area contributed by atoms with E-state index < -0.39 is 0 Å². The molecule has 0 fully saturated rings. The van der Waals surface area contributed by atoms with Crippen LogP contribution in [0.25, 0.3) is 0 Å². The molecule has 0 bridgehead atoms. The first-order valence-corrected chi connectivity index (χ1v) is 4.08. The van der Waals surface area contributed by atoms with E-state index in [0.717, 1.165) is 10.7 Å². The third-order valence-electron chi connectivity index (χ3n) is 1.30. The Morgan fingerprint density at radius 1 is 1.17 bits per heavy atom. The molecule has 0 spiro atoms. The van der Waals surface area contributed by atoms with Crippen molar-refractivity contribution in [1.82, 2.24) is 0 Å². The Labute approximate surface area is 84.5 Å². The molecule has 68 valence electrons. The lowest BCUT2D eigenvalue weighted by Crippen LogP contribution is -2.08. The quantitative estimate of drug-likeness (QED) is 0.779. The van der Waals surface area contributed by atoms with Crippen LogP contribution in [-0.2, 0) is 0 Å². The minimum Gasteiger partial charge on any atom is -0.383 e. The summed E-state index contributed by atoms with van der Waals surface area (Å²) >= 11 is 5.72. The number of rotatable bonds is 2. The van der Waals surface area contributed by atoms with Gasteiger partial charge in [-0.05, 0) is 38.1 Å². The lowest BCUT2D eigenvalue weighted by atomic mass is 10.3. The average Bonchev–Trinajstić information content (AvgIpc) is 1.93. The predicted octanol–water partition coefficient (Wildman–Crippen LogP) is 3.58. The fourth-order valence-corrected chi connectivity index (χ4v) is 1.01. The van der Waals surface area contributed by atoms with Gasteiger partial charge in [0, 0.05) is 16.8 Å². The topological polar surface area (TPSA) is 12.0 Å². The van der Waals surface area contributed by atoms with Gasteiger partial charge in [-0.3, -0.25) is 0 Å². The second kappa shape index (κ2) is 5.28. The first-order valence-electron chi connectivity index (χ1n) is 3.70. The highest BCUT2D eigenvalue weighted by molar-refractivity contribution is 6.30. The van der Waals surface area contributed by atoms with Gasteiger partial charge in [0.15, 0.2) is 0 Å². The zero-order valence-electron chi connectivity index (χ0n) is 7.17. The van der Waals surface area contributed by atoms with Crippen molar-refractivity contribution in [2.24, 2.45) is 0 Å². The summed E-state index contributed by atoms with van der Waals surface area (Å²) in [6, 6.07) is 8.18. The van der Waals surface area contributed by atoms with Crippen molar-refractivity contribution in [2.45, 2.75) is 19.9 Å². The van der Waals surface area contributed by atoms with Crippen LogP contribution in [0.4, 0.5) is 5.69 Å². The Morgan fingerprint density at radius 3 is 2.08 bits per heavy atom. The van der Waals surface area contributed by atoms with E-state index in [1.807, 2.05) is 24.3 Å². The van der Waals surface area contributed by atoms with Crippen LogP contribution in [0.2, 0.25) is 5.02 Å². The number of hydrogen-bond acceptors (Lipinski definition) is 1. The van der Waals surface area contributed by atoms with Gasteiger partial charge < -0.3 is 5.32 Å². The van der Waals surface area contributed by atoms with E-state index >= 15 is 0 Å². The van der Waals surface area contributed by atoms with E-state index in [0.29, 0.717) is 6.04 Å². The average molecular weight is 206 g/mol. The zero-order valence-corrected chi connectivity index (χ0v) is 8.75. The van der Waals surface area contributed by atoms with E-state index in [9.17, 15) is 0 Å². The number of benzene rings is 1. The Morgan fingerprint density at radius 2 is 1.67 bits per heavy atom. The SMILES string of the molecule is CC(C)Nc1ccc(Cl)cc1.Cl. The molecule has 1 N–H and O–H groups in total. The summed E-state index contributed by atoms with van der Waals surface area (Å²) in [5.74, 6) is 0. The summed E-state index contributed by atoms with van der Waals surface area (Å²) in [4.78, 5) is 0. The van der Waals surface area contributed by atoms with Crippen LogP contribution in [-0.4, -0.2) is 6.04 Å². The van der Waals surface area contributed by atoms with Crippen molar-refractivity contribution >= 4 is 29.7 Å². The van der Waals surface area contributed by atoms with Crippen molar-refractivity contribution in [3.05, 3.63) is 29.3 Å². The van der Waals surface area contributed by atoms with Crippen molar-refractivity contribution in [2.75, 3.05) is 5.32 Å². The first-order chi connectivity index (χ1) is 5.18. The molecule has 1 nitrogen and oxygen atoms in total. The maximum absolute atomic E-state index is 5.72. The third-order valence-corrected chi connectivity index (χ3v) is 1.55. The number of anilines is 1. The Kier molecular flexibility index (Phi) is 5.11. The molecule has 1 aromatic rings. The lowest BCUT2D eigenvalue weighted by molar-refractivity contribution is 0.900. The number of halogens is 2. The fraction of sp³-hybridized carbons (Fsp3) is 0.333. The van der Waals surface area contributed by atoms with Gasteiger partial charge in [0.25, 0.3) is 0 Å². The summed E-state index contributed by atoms with van der Waals surface area (Å²) in [6.07, 6.45) is 0. The monoisotopic (exact) mass is 205 g/mol. The van der Waals surface area contributed by atoms with Gasteiger partial charge in [0.1, 0.15) is 0 Å². The molecular weight excluding hydrogens is 193 g/mol. The third kappa shape index (κ3) is 3.84. The minimum absolute atomic E-state index is 0. The van der Waals surface area contributed by atoms with E-state index in [1.165, 1.54) is 0 Å². The van der Waals surface area contributed by atoms with Crippen LogP contribution in [0.15, 0.2) is 24.3 Å². The van der Waals surface area contributed by atoms with Crippen LogP contribution >= 0.6 is 24.0 Å². The van der Waals surface area contributed by atoms with E-state index in [-0.39, 0.29) is 12.4 Å². The Bertz CT molecular complexity index is 218. The van der Waals surface area contributed by atoms with Gasteiger partial charge >= 0.3 is 0 Å².